The number of unbranched alkanes of at least 4 members (excludes halogenated alkanes) is 1. The van der Waals surface area contributed by atoms with Crippen molar-refractivity contribution in [3.63, 3.8) is 0 Å². The van der Waals surface area contributed by atoms with Crippen molar-refractivity contribution in [3.8, 4) is 11.5 Å². The van der Waals surface area contributed by atoms with Crippen LogP contribution in [0.3, 0.4) is 0 Å². The Hall–Kier alpha value is -2.58. The fourth-order valence-corrected chi connectivity index (χ4v) is 3.65. The molecule has 0 aliphatic rings. The zero-order chi connectivity index (χ0) is 21.3. The Labute approximate surface area is 172 Å². The van der Waals surface area contributed by atoms with Crippen LogP contribution in [0.4, 0.5) is 0 Å². The second-order valence-corrected chi connectivity index (χ2v) is 8.16. The lowest BCUT2D eigenvalue weighted by molar-refractivity contribution is 0.0950. The normalized spacial score (nSPS) is 11.1. The summed E-state index contributed by atoms with van der Waals surface area (Å²) in [5.41, 5.74) is 1.25. The van der Waals surface area contributed by atoms with Crippen LogP contribution in [0.25, 0.3) is 0 Å². The van der Waals surface area contributed by atoms with E-state index in [0.29, 0.717) is 36.8 Å². The van der Waals surface area contributed by atoms with Gasteiger partial charge in [-0.25, -0.2) is 13.1 Å². The van der Waals surface area contributed by atoms with E-state index < -0.39 is 10.0 Å². The summed E-state index contributed by atoms with van der Waals surface area (Å²) in [6.07, 6.45) is 2.02. The number of hydrogen-bond donors (Lipinski definition) is 2. The Morgan fingerprint density at radius 1 is 1.03 bits per heavy atom. The molecule has 0 saturated heterocycles. The first-order valence-corrected chi connectivity index (χ1v) is 11.1. The van der Waals surface area contributed by atoms with Crippen molar-refractivity contribution >= 4 is 15.9 Å². The molecule has 0 saturated carbocycles. The van der Waals surface area contributed by atoms with Gasteiger partial charge in [0.25, 0.3) is 5.91 Å². The highest BCUT2D eigenvalue weighted by atomic mass is 32.2. The van der Waals surface area contributed by atoms with E-state index in [9.17, 15) is 13.2 Å². The van der Waals surface area contributed by atoms with Crippen molar-refractivity contribution in [2.24, 2.45) is 0 Å². The van der Waals surface area contributed by atoms with Crippen molar-refractivity contribution in [1.29, 1.82) is 0 Å². The van der Waals surface area contributed by atoms with E-state index in [1.807, 2.05) is 18.2 Å². The molecule has 2 N–H and O–H groups in total. The highest BCUT2D eigenvalue weighted by molar-refractivity contribution is 7.89. The minimum atomic E-state index is -3.54. The molecule has 0 aliphatic carbocycles. The third-order valence-corrected chi connectivity index (χ3v) is 5.76. The monoisotopic (exact) mass is 420 g/mol. The molecule has 0 heterocycles. The van der Waals surface area contributed by atoms with Gasteiger partial charge in [-0.05, 0) is 48.4 Å². The van der Waals surface area contributed by atoms with Crippen molar-refractivity contribution in [3.05, 3.63) is 53.6 Å². The summed E-state index contributed by atoms with van der Waals surface area (Å²) in [5, 5.41) is 2.82. The summed E-state index contributed by atoms with van der Waals surface area (Å²) in [6, 6.07) is 11.3. The van der Waals surface area contributed by atoms with Crippen LogP contribution in [0.2, 0.25) is 0 Å². The van der Waals surface area contributed by atoms with Gasteiger partial charge in [0, 0.05) is 18.7 Å². The summed E-state index contributed by atoms with van der Waals surface area (Å²) in [5.74, 6) is 0.999. The van der Waals surface area contributed by atoms with Gasteiger partial charge in [0.15, 0.2) is 11.5 Å². The zero-order valence-electron chi connectivity index (χ0n) is 17.0. The molecule has 2 aromatic carbocycles. The molecule has 7 nitrogen and oxygen atoms in total. The largest absolute Gasteiger partial charge is 0.493 e. The third kappa shape index (κ3) is 6.47. The first-order valence-electron chi connectivity index (χ1n) is 9.59. The molecule has 8 heteroatoms. The first kappa shape index (κ1) is 22.7. The number of hydrogen-bond acceptors (Lipinski definition) is 5. The second kappa shape index (κ2) is 10.8. The van der Waals surface area contributed by atoms with Crippen LogP contribution in [-0.4, -0.2) is 34.6 Å². The zero-order valence-corrected chi connectivity index (χ0v) is 17.8. The molecule has 0 fully saturated rings. The van der Waals surface area contributed by atoms with Gasteiger partial charge in [0.2, 0.25) is 10.0 Å². The molecule has 2 aromatic rings. The van der Waals surface area contributed by atoms with Crippen molar-refractivity contribution < 1.29 is 22.7 Å². The predicted octanol–water partition coefficient (Wildman–Crippen LogP) is 3.10. The topological polar surface area (TPSA) is 93.7 Å². The van der Waals surface area contributed by atoms with E-state index in [0.717, 1.165) is 18.4 Å². The SMILES string of the molecule is CCCCOc1ccc(CNC(=O)c2ccc(S(=O)(=O)NCC)cc2)cc1OC. The van der Waals surface area contributed by atoms with E-state index in [4.69, 9.17) is 9.47 Å². The van der Waals surface area contributed by atoms with E-state index in [-0.39, 0.29) is 10.8 Å². The Morgan fingerprint density at radius 3 is 2.38 bits per heavy atom. The molecule has 0 spiro atoms. The van der Waals surface area contributed by atoms with Gasteiger partial charge in [0.05, 0.1) is 18.6 Å². The van der Waals surface area contributed by atoms with Gasteiger partial charge in [0.1, 0.15) is 0 Å². The van der Waals surface area contributed by atoms with Crippen LogP contribution in [0.5, 0.6) is 11.5 Å². The number of rotatable bonds is 11. The number of amides is 1. The molecule has 0 aromatic heterocycles. The first-order chi connectivity index (χ1) is 13.9. The number of carbonyl (C=O) groups is 1. The lowest BCUT2D eigenvalue weighted by atomic mass is 10.1. The number of nitrogens with one attached hydrogen (secondary N) is 2. The summed E-state index contributed by atoms with van der Waals surface area (Å²) < 4.78 is 37.4. The number of benzene rings is 2. The second-order valence-electron chi connectivity index (χ2n) is 6.40. The van der Waals surface area contributed by atoms with E-state index >= 15 is 0 Å². The minimum absolute atomic E-state index is 0.124. The van der Waals surface area contributed by atoms with Gasteiger partial charge >= 0.3 is 0 Å². The van der Waals surface area contributed by atoms with Gasteiger partial charge in [-0.3, -0.25) is 4.79 Å². The molecular formula is C21H28N2O5S. The average molecular weight is 421 g/mol. The fourth-order valence-electron chi connectivity index (χ4n) is 2.61. The maximum atomic E-state index is 12.4. The van der Waals surface area contributed by atoms with E-state index in [1.165, 1.54) is 24.3 Å². The Balaban J connectivity index is 1.99. The molecule has 0 atom stereocenters. The summed E-state index contributed by atoms with van der Waals surface area (Å²) in [7, 11) is -1.96. The van der Waals surface area contributed by atoms with Crippen LogP contribution < -0.4 is 19.5 Å². The highest BCUT2D eigenvalue weighted by Gasteiger charge is 2.14. The Kier molecular flexibility index (Phi) is 8.48. The smallest absolute Gasteiger partial charge is 0.251 e. The van der Waals surface area contributed by atoms with Crippen LogP contribution in [-0.2, 0) is 16.6 Å². The van der Waals surface area contributed by atoms with Gasteiger partial charge < -0.3 is 14.8 Å². The molecule has 1 amide bonds. The molecule has 0 radical (unpaired) electrons. The summed E-state index contributed by atoms with van der Waals surface area (Å²) in [6.45, 7) is 5.04. The maximum Gasteiger partial charge on any atom is 0.251 e. The summed E-state index contributed by atoms with van der Waals surface area (Å²) >= 11 is 0. The quantitative estimate of drug-likeness (QED) is 0.545. The predicted molar refractivity (Wildman–Crippen MR) is 112 cm³/mol. The van der Waals surface area contributed by atoms with Gasteiger partial charge in [-0.15, -0.1) is 0 Å². The molecule has 2 rings (SSSR count). The Bertz CT molecular complexity index is 911. The van der Waals surface area contributed by atoms with Crippen LogP contribution in [0.15, 0.2) is 47.4 Å². The number of carbonyl (C=O) groups excluding carboxylic acids is 1. The lowest BCUT2D eigenvalue weighted by Crippen LogP contribution is -2.24. The van der Waals surface area contributed by atoms with Gasteiger partial charge in [-0.1, -0.05) is 26.3 Å². The van der Waals surface area contributed by atoms with Gasteiger partial charge in [-0.2, -0.15) is 0 Å². The van der Waals surface area contributed by atoms with E-state index in [2.05, 4.69) is 17.0 Å². The number of sulfonamides is 1. The molecule has 158 valence electrons. The number of ether oxygens (including phenoxy) is 2. The Morgan fingerprint density at radius 2 is 1.76 bits per heavy atom. The minimum Gasteiger partial charge on any atom is -0.493 e. The fraction of sp³-hybridized carbons (Fsp3) is 0.381. The lowest BCUT2D eigenvalue weighted by Gasteiger charge is -2.12. The molecule has 0 unspecified atom stereocenters. The maximum absolute atomic E-state index is 12.4. The van der Waals surface area contributed by atoms with E-state index in [1.54, 1.807) is 14.0 Å². The molecular weight excluding hydrogens is 392 g/mol. The summed E-state index contributed by atoms with van der Waals surface area (Å²) in [4.78, 5) is 12.5. The standard InChI is InChI=1S/C21H28N2O5S/c1-4-6-13-28-19-12-7-16(14-20(19)27-3)15-22-21(24)17-8-10-18(11-9-17)29(25,26)23-5-2/h7-12,14,23H,4-6,13,15H2,1-3H3,(H,22,24). The van der Waals surface area contributed by atoms with Crippen molar-refractivity contribution in [2.45, 2.75) is 38.1 Å². The van der Waals surface area contributed by atoms with Crippen LogP contribution in [0.1, 0.15) is 42.6 Å². The molecule has 29 heavy (non-hydrogen) atoms. The average Bonchev–Trinajstić information content (AvgIpc) is 2.72. The highest BCUT2D eigenvalue weighted by Crippen LogP contribution is 2.28. The number of methoxy groups -OCH3 is 1. The van der Waals surface area contributed by atoms with Crippen molar-refractivity contribution in [2.75, 3.05) is 20.3 Å². The third-order valence-electron chi connectivity index (χ3n) is 4.20. The van der Waals surface area contributed by atoms with Crippen LogP contribution in [0, 0.1) is 0 Å². The van der Waals surface area contributed by atoms with Crippen LogP contribution >= 0.6 is 0 Å². The molecule has 0 bridgehead atoms. The van der Waals surface area contributed by atoms with Crippen molar-refractivity contribution in [1.82, 2.24) is 10.0 Å². The molecule has 0 aliphatic heterocycles.